The molecule has 0 amide bonds. The summed E-state index contributed by atoms with van der Waals surface area (Å²) in [6.07, 6.45) is 5.10. The van der Waals surface area contributed by atoms with E-state index < -0.39 is 0 Å². The molecule has 1 saturated carbocycles. The number of carbonyl (C=O) groups is 1. The fourth-order valence-corrected chi connectivity index (χ4v) is 1.78. The quantitative estimate of drug-likeness (QED) is 0.539. The van der Waals surface area contributed by atoms with E-state index in [1.807, 2.05) is 6.92 Å². The van der Waals surface area contributed by atoms with Crippen molar-refractivity contribution in [2.24, 2.45) is 11.1 Å². The molecule has 3 heteroatoms. The van der Waals surface area contributed by atoms with Gasteiger partial charge in [-0.25, -0.2) is 0 Å². The summed E-state index contributed by atoms with van der Waals surface area (Å²) in [6, 6.07) is 0. The summed E-state index contributed by atoms with van der Waals surface area (Å²) in [5.74, 6) is 0.882. The molecule has 0 spiro atoms. The molecule has 0 aliphatic heterocycles. The van der Waals surface area contributed by atoms with Crippen LogP contribution in [0.1, 0.15) is 45.4 Å². The van der Waals surface area contributed by atoms with Crippen molar-refractivity contribution < 1.29 is 10.0 Å². The van der Waals surface area contributed by atoms with Crippen molar-refractivity contribution in [3.63, 3.8) is 0 Å². The van der Waals surface area contributed by atoms with E-state index in [9.17, 15) is 4.79 Å². The molecule has 0 aromatic heterocycles. The fourth-order valence-electron chi connectivity index (χ4n) is 1.78. The highest BCUT2D eigenvalue weighted by atomic mass is 16.4. The topological polar surface area (TPSA) is 49.7 Å². The Labute approximate surface area is 78.8 Å². The van der Waals surface area contributed by atoms with E-state index in [0.717, 1.165) is 37.8 Å². The first-order valence-electron chi connectivity index (χ1n) is 4.97. The number of hydrogen-bond acceptors (Lipinski definition) is 3. The molecule has 0 aromatic rings. The lowest BCUT2D eigenvalue weighted by atomic mass is 9.84. The molecular weight excluding hydrogens is 166 g/mol. The van der Waals surface area contributed by atoms with Crippen LogP contribution in [0.25, 0.3) is 0 Å². The third-order valence-electron chi connectivity index (χ3n) is 2.73. The molecule has 3 nitrogen and oxygen atoms in total. The number of rotatable bonds is 3. The second kappa shape index (κ2) is 5.00. The molecule has 1 N–H and O–H groups in total. The molecule has 74 valence electrons. The van der Waals surface area contributed by atoms with Crippen LogP contribution in [0.2, 0.25) is 0 Å². The summed E-state index contributed by atoms with van der Waals surface area (Å²) in [5, 5.41) is 11.7. The Hall–Kier alpha value is -0.860. The minimum absolute atomic E-state index is 0.356. The summed E-state index contributed by atoms with van der Waals surface area (Å²) < 4.78 is 0. The van der Waals surface area contributed by atoms with Crippen molar-refractivity contribution in [2.75, 3.05) is 0 Å². The first-order chi connectivity index (χ1) is 6.26. The third kappa shape index (κ3) is 3.17. The molecule has 0 aromatic carbocycles. The number of oxime groups is 1. The van der Waals surface area contributed by atoms with Crippen LogP contribution in [0.3, 0.4) is 0 Å². The maximum atomic E-state index is 11.2. The highest BCUT2D eigenvalue weighted by molar-refractivity contribution is 5.85. The normalized spacial score (nSPS) is 22.8. The number of Topliss-reactive ketones (excluding diaryl/α,β-unsaturated/α-hetero) is 1. The van der Waals surface area contributed by atoms with Crippen molar-refractivity contribution in [3.05, 3.63) is 0 Å². The van der Waals surface area contributed by atoms with Gasteiger partial charge in [0.25, 0.3) is 0 Å². The zero-order valence-corrected chi connectivity index (χ0v) is 8.12. The van der Waals surface area contributed by atoms with Crippen LogP contribution in [0.5, 0.6) is 0 Å². The number of hydrogen-bond donors (Lipinski definition) is 1. The molecule has 0 unspecified atom stereocenters. The van der Waals surface area contributed by atoms with E-state index in [1.54, 1.807) is 0 Å². The number of ketones is 1. The van der Waals surface area contributed by atoms with Crippen LogP contribution in [-0.2, 0) is 4.79 Å². The van der Waals surface area contributed by atoms with Crippen LogP contribution >= 0.6 is 0 Å². The number of nitrogens with zero attached hydrogens (tertiary/aromatic N) is 1. The highest BCUT2D eigenvalue weighted by Gasteiger charge is 2.19. The Morgan fingerprint density at radius 3 is 2.62 bits per heavy atom. The van der Waals surface area contributed by atoms with Crippen molar-refractivity contribution >= 4 is 11.5 Å². The maximum absolute atomic E-state index is 11.2. The van der Waals surface area contributed by atoms with Crippen molar-refractivity contribution in [2.45, 2.75) is 45.4 Å². The van der Waals surface area contributed by atoms with E-state index in [1.165, 1.54) is 0 Å². The predicted octanol–water partition coefficient (Wildman–Crippen LogP) is 2.38. The molecule has 0 atom stereocenters. The van der Waals surface area contributed by atoms with Crippen molar-refractivity contribution in [1.29, 1.82) is 0 Å². The van der Waals surface area contributed by atoms with Gasteiger partial charge in [0, 0.05) is 12.8 Å². The molecule has 1 rings (SSSR count). The van der Waals surface area contributed by atoms with Crippen LogP contribution in [0, 0.1) is 5.92 Å². The first kappa shape index (κ1) is 10.2. The van der Waals surface area contributed by atoms with Crippen molar-refractivity contribution in [3.8, 4) is 0 Å². The molecule has 0 heterocycles. The summed E-state index contributed by atoms with van der Waals surface area (Å²) in [6.45, 7) is 1.91. The maximum Gasteiger partial charge on any atom is 0.132 e. The Kier molecular flexibility index (Phi) is 3.93. The predicted molar refractivity (Wildman–Crippen MR) is 51.1 cm³/mol. The van der Waals surface area contributed by atoms with Crippen LogP contribution in [-0.4, -0.2) is 16.7 Å². The van der Waals surface area contributed by atoms with Gasteiger partial charge in [0.05, 0.1) is 5.71 Å². The van der Waals surface area contributed by atoms with Crippen LogP contribution in [0.4, 0.5) is 0 Å². The molecule has 0 saturated heterocycles. The van der Waals surface area contributed by atoms with E-state index in [2.05, 4.69) is 5.16 Å². The lowest BCUT2D eigenvalue weighted by Crippen LogP contribution is -2.16. The Bertz CT molecular complexity index is 201. The van der Waals surface area contributed by atoms with Gasteiger partial charge in [-0.1, -0.05) is 12.1 Å². The second-order valence-corrected chi connectivity index (χ2v) is 3.71. The average Bonchev–Trinajstić information content (AvgIpc) is 2.19. The molecule has 1 aliphatic carbocycles. The Balaban J connectivity index is 2.29. The lowest BCUT2D eigenvalue weighted by molar-refractivity contribution is -0.119. The Morgan fingerprint density at radius 1 is 1.54 bits per heavy atom. The number of carbonyl (C=O) groups excluding carboxylic acids is 1. The van der Waals surface area contributed by atoms with Crippen LogP contribution in [0.15, 0.2) is 5.16 Å². The Morgan fingerprint density at radius 2 is 2.15 bits per heavy atom. The molecule has 0 radical (unpaired) electrons. The van der Waals surface area contributed by atoms with E-state index in [4.69, 9.17) is 5.21 Å². The zero-order valence-electron chi connectivity index (χ0n) is 8.12. The SMILES string of the molecule is CCC(=O)CC1CCC(=NO)CC1. The summed E-state index contributed by atoms with van der Waals surface area (Å²) in [7, 11) is 0. The van der Waals surface area contributed by atoms with Gasteiger partial charge >= 0.3 is 0 Å². The van der Waals surface area contributed by atoms with Gasteiger partial charge in [0.15, 0.2) is 0 Å². The molecular formula is C10H17NO2. The smallest absolute Gasteiger partial charge is 0.132 e. The molecule has 13 heavy (non-hydrogen) atoms. The standard InChI is InChI=1S/C10H17NO2/c1-2-10(12)7-8-3-5-9(11-13)6-4-8/h8,13H,2-7H2,1H3. The van der Waals surface area contributed by atoms with Gasteiger partial charge in [-0.15, -0.1) is 0 Å². The van der Waals surface area contributed by atoms with E-state index >= 15 is 0 Å². The second-order valence-electron chi connectivity index (χ2n) is 3.71. The highest BCUT2D eigenvalue weighted by Crippen LogP contribution is 2.25. The average molecular weight is 183 g/mol. The van der Waals surface area contributed by atoms with Crippen LogP contribution < -0.4 is 0 Å². The van der Waals surface area contributed by atoms with Gasteiger partial charge < -0.3 is 5.21 Å². The lowest BCUT2D eigenvalue weighted by Gasteiger charge is -2.21. The van der Waals surface area contributed by atoms with Crippen molar-refractivity contribution in [1.82, 2.24) is 0 Å². The molecule has 0 bridgehead atoms. The molecule has 1 aliphatic rings. The summed E-state index contributed by atoms with van der Waals surface area (Å²) in [4.78, 5) is 11.2. The van der Waals surface area contributed by atoms with Gasteiger partial charge in [-0.3, -0.25) is 4.79 Å². The van der Waals surface area contributed by atoms with Gasteiger partial charge in [-0.05, 0) is 31.6 Å². The minimum Gasteiger partial charge on any atom is -0.411 e. The monoisotopic (exact) mass is 183 g/mol. The third-order valence-corrected chi connectivity index (χ3v) is 2.73. The van der Waals surface area contributed by atoms with Gasteiger partial charge in [-0.2, -0.15) is 0 Å². The minimum atomic E-state index is 0.356. The molecule has 1 fully saturated rings. The van der Waals surface area contributed by atoms with E-state index in [0.29, 0.717) is 18.1 Å². The van der Waals surface area contributed by atoms with Gasteiger partial charge in [0.2, 0.25) is 0 Å². The summed E-state index contributed by atoms with van der Waals surface area (Å²) >= 11 is 0. The van der Waals surface area contributed by atoms with Gasteiger partial charge in [0.1, 0.15) is 5.78 Å². The summed E-state index contributed by atoms with van der Waals surface area (Å²) in [5.41, 5.74) is 0.889. The zero-order chi connectivity index (χ0) is 9.68. The first-order valence-corrected chi connectivity index (χ1v) is 4.97. The van der Waals surface area contributed by atoms with E-state index in [-0.39, 0.29) is 0 Å². The fraction of sp³-hybridized carbons (Fsp3) is 0.800. The largest absolute Gasteiger partial charge is 0.411 e.